The van der Waals surface area contributed by atoms with Gasteiger partial charge in [-0.05, 0) is 38.5 Å². The first-order valence-corrected chi connectivity index (χ1v) is 8.06. The SMILES string of the molecule is CN(C)c1ccc([C@H]2CN(C(=O)OC(C)(C)C)C[C@@H]2C(=O)O)cc1. The molecule has 2 rings (SSSR count). The van der Waals surface area contributed by atoms with Crippen LogP contribution in [0.3, 0.4) is 0 Å². The Labute approximate surface area is 143 Å². The molecule has 6 nitrogen and oxygen atoms in total. The van der Waals surface area contributed by atoms with Gasteiger partial charge in [0, 0.05) is 38.8 Å². The standard InChI is InChI=1S/C18H26N2O4/c1-18(2,3)24-17(23)20-10-14(15(11-20)16(21)22)12-6-8-13(9-7-12)19(4)5/h6-9,14-15H,10-11H2,1-5H3,(H,21,22)/t14-,15+/m1/s1. The van der Waals surface area contributed by atoms with Gasteiger partial charge in [0.05, 0.1) is 5.92 Å². The van der Waals surface area contributed by atoms with Crippen molar-refractivity contribution in [2.75, 3.05) is 32.1 Å². The average Bonchev–Trinajstić information content (AvgIpc) is 2.91. The van der Waals surface area contributed by atoms with Gasteiger partial charge in [0.2, 0.25) is 0 Å². The van der Waals surface area contributed by atoms with E-state index in [0.717, 1.165) is 11.3 Å². The van der Waals surface area contributed by atoms with Crippen LogP contribution in [0.15, 0.2) is 24.3 Å². The smallest absolute Gasteiger partial charge is 0.410 e. The number of anilines is 1. The van der Waals surface area contributed by atoms with Gasteiger partial charge in [0.15, 0.2) is 0 Å². The van der Waals surface area contributed by atoms with Gasteiger partial charge < -0.3 is 19.6 Å². The van der Waals surface area contributed by atoms with E-state index in [4.69, 9.17) is 4.74 Å². The predicted molar refractivity (Wildman–Crippen MR) is 92.4 cm³/mol. The van der Waals surface area contributed by atoms with Gasteiger partial charge >= 0.3 is 12.1 Å². The zero-order chi connectivity index (χ0) is 18.1. The van der Waals surface area contributed by atoms with E-state index >= 15 is 0 Å². The molecule has 0 spiro atoms. The molecule has 0 aromatic heterocycles. The third-order valence-electron chi connectivity index (χ3n) is 4.13. The minimum absolute atomic E-state index is 0.171. The highest BCUT2D eigenvalue weighted by atomic mass is 16.6. The Bertz CT molecular complexity index is 604. The molecule has 1 saturated heterocycles. The molecule has 1 aliphatic heterocycles. The molecule has 0 radical (unpaired) electrons. The lowest BCUT2D eigenvalue weighted by Gasteiger charge is -2.24. The number of benzene rings is 1. The molecular formula is C18H26N2O4. The zero-order valence-electron chi connectivity index (χ0n) is 14.9. The van der Waals surface area contributed by atoms with E-state index in [1.165, 1.54) is 4.90 Å². The number of rotatable bonds is 3. The number of ether oxygens (including phenoxy) is 1. The number of carboxylic acids is 1. The van der Waals surface area contributed by atoms with E-state index in [0.29, 0.717) is 6.54 Å². The van der Waals surface area contributed by atoms with Crippen LogP contribution in [0, 0.1) is 5.92 Å². The Morgan fingerprint density at radius 1 is 1.17 bits per heavy atom. The largest absolute Gasteiger partial charge is 0.481 e. The van der Waals surface area contributed by atoms with Crippen LogP contribution in [0.1, 0.15) is 32.3 Å². The van der Waals surface area contributed by atoms with E-state index in [1.807, 2.05) is 43.3 Å². The number of hydrogen-bond donors (Lipinski definition) is 1. The summed E-state index contributed by atoms with van der Waals surface area (Å²) in [5.74, 6) is -1.74. The molecule has 6 heteroatoms. The molecule has 0 saturated carbocycles. The second kappa shape index (κ2) is 6.71. The van der Waals surface area contributed by atoms with Crippen molar-refractivity contribution in [1.29, 1.82) is 0 Å². The van der Waals surface area contributed by atoms with Gasteiger partial charge in [0.25, 0.3) is 0 Å². The molecule has 2 atom stereocenters. The summed E-state index contributed by atoms with van der Waals surface area (Å²) >= 11 is 0. The van der Waals surface area contributed by atoms with Gasteiger partial charge in [-0.25, -0.2) is 4.79 Å². The highest BCUT2D eigenvalue weighted by Gasteiger charge is 2.41. The lowest BCUT2D eigenvalue weighted by Crippen LogP contribution is -2.35. The van der Waals surface area contributed by atoms with Crippen molar-refractivity contribution >= 4 is 17.7 Å². The summed E-state index contributed by atoms with van der Waals surface area (Å²) in [4.78, 5) is 27.4. The molecule has 1 heterocycles. The fourth-order valence-corrected chi connectivity index (χ4v) is 2.89. The first-order valence-electron chi connectivity index (χ1n) is 8.06. The van der Waals surface area contributed by atoms with Crippen molar-refractivity contribution in [2.24, 2.45) is 5.92 Å². The fourth-order valence-electron chi connectivity index (χ4n) is 2.89. The highest BCUT2D eigenvalue weighted by Crippen LogP contribution is 2.34. The van der Waals surface area contributed by atoms with Crippen LogP contribution in [0.25, 0.3) is 0 Å². The van der Waals surface area contributed by atoms with Crippen molar-refractivity contribution in [1.82, 2.24) is 4.90 Å². The van der Waals surface area contributed by atoms with Crippen molar-refractivity contribution in [3.8, 4) is 0 Å². The van der Waals surface area contributed by atoms with Gasteiger partial charge in [-0.15, -0.1) is 0 Å². The summed E-state index contributed by atoms with van der Waals surface area (Å²) in [7, 11) is 3.91. The number of carboxylic acid groups (broad SMARTS) is 1. The molecule has 1 aromatic carbocycles. The molecule has 132 valence electrons. The molecule has 0 aliphatic carbocycles. The normalized spacial score (nSPS) is 20.8. The maximum Gasteiger partial charge on any atom is 0.410 e. The zero-order valence-corrected chi connectivity index (χ0v) is 14.9. The molecular weight excluding hydrogens is 308 g/mol. The maximum atomic E-state index is 12.3. The Balaban J connectivity index is 2.19. The van der Waals surface area contributed by atoms with Crippen LogP contribution in [0.5, 0.6) is 0 Å². The Hall–Kier alpha value is -2.24. The highest BCUT2D eigenvalue weighted by molar-refractivity contribution is 5.76. The van der Waals surface area contributed by atoms with E-state index in [1.54, 1.807) is 20.8 Å². The van der Waals surface area contributed by atoms with Crippen LogP contribution in [-0.4, -0.2) is 54.9 Å². The third kappa shape index (κ3) is 4.19. The van der Waals surface area contributed by atoms with E-state index in [2.05, 4.69) is 0 Å². The molecule has 1 amide bonds. The van der Waals surface area contributed by atoms with Gasteiger partial charge in [-0.3, -0.25) is 4.79 Å². The van der Waals surface area contributed by atoms with Crippen LogP contribution < -0.4 is 4.90 Å². The van der Waals surface area contributed by atoms with Crippen molar-refractivity contribution in [2.45, 2.75) is 32.3 Å². The first kappa shape index (κ1) is 18.1. The Kier molecular flexibility index (Phi) is 5.06. The summed E-state index contributed by atoms with van der Waals surface area (Å²) in [5.41, 5.74) is 1.38. The van der Waals surface area contributed by atoms with Crippen molar-refractivity contribution < 1.29 is 19.4 Å². The van der Waals surface area contributed by atoms with E-state index in [-0.39, 0.29) is 12.5 Å². The Morgan fingerprint density at radius 2 is 1.75 bits per heavy atom. The lowest BCUT2D eigenvalue weighted by molar-refractivity contribution is -0.141. The molecule has 0 unspecified atom stereocenters. The molecule has 1 aromatic rings. The minimum atomic E-state index is -0.886. The van der Waals surface area contributed by atoms with Gasteiger partial charge in [0.1, 0.15) is 5.60 Å². The molecule has 1 N–H and O–H groups in total. The second-order valence-corrected chi connectivity index (χ2v) is 7.42. The van der Waals surface area contributed by atoms with E-state index in [9.17, 15) is 14.7 Å². The number of carbonyl (C=O) groups is 2. The average molecular weight is 334 g/mol. The number of likely N-dealkylation sites (tertiary alicyclic amines) is 1. The van der Waals surface area contributed by atoms with Crippen molar-refractivity contribution in [3.05, 3.63) is 29.8 Å². The maximum absolute atomic E-state index is 12.3. The van der Waals surface area contributed by atoms with Crippen LogP contribution in [-0.2, 0) is 9.53 Å². The summed E-state index contributed by atoms with van der Waals surface area (Å²) < 4.78 is 5.37. The number of aliphatic carboxylic acids is 1. The Morgan fingerprint density at radius 3 is 2.21 bits per heavy atom. The fraction of sp³-hybridized carbons (Fsp3) is 0.556. The first-order chi connectivity index (χ1) is 11.1. The minimum Gasteiger partial charge on any atom is -0.481 e. The molecule has 1 aliphatic rings. The van der Waals surface area contributed by atoms with E-state index < -0.39 is 23.6 Å². The summed E-state index contributed by atoms with van der Waals surface area (Å²) in [5, 5.41) is 9.53. The monoisotopic (exact) mass is 334 g/mol. The van der Waals surface area contributed by atoms with Gasteiger partial charge in [-0.1, -0.05) is 12.1 Å². The topological polar surface area (TPSA) is 70.1 Å². The lowest BCUT2D eigenvalue weighted by atomic mass is 9.89. The third-order valence-corrected chi connectivity index (χ3v) is 4.13. The van der Waals surface area contributed by atoms with Crippen molar-refractivity contribution in [3.63, 3.8) is 0 Å². The van der Waals surface area contributed by atoms with Crippen LogP contribution >= 0.6 is 0 Å². The molecule has 0 bridgehead atoms. The number of hydrogen-bond acceptors (Lipinski definition) is 4. The molecule has 24 heavy (non-hydrogen) atoms. The molecule has 1 fully saturated rings. The summed E-state index contributed by atoms with van der Waals surface area (Å²) in [6.07, 6.45) is -0.457. The second-order valence-electron chi connectivity index (χ2n) is 7.42. The predicted octanol–water partition coefficient (Wildman–Crippen LogP) is 2.79. The summed E-state index contributed by atoms with van der Waals surface area (Å²) in [6.45, 7) is 5.92. The van der Waals surface area contributed by atoms with Gasteiger partial charge in [-0.2, -0.15) is 0 Å². The summed E-state index contributed by atoms with van der Waals surface area (Å²) in [6, 6.07) is 7.80. The van der Waals surface area contributed by atoms with Crippen LogP contribution in [0.4, 0.5) is 10.5 Å². The quantitative estimate of drug-likeness (QED) is 0.920. The number of carbonyl (C=O) groups excluding carboxylic acids is 1. The number of amides is 1. The van der Waals surface area contributed by atoms with Crippen LogP contribution in [0.2, 0.25) is 0 Å². The number of nitrogens with zero attached hydrogens (tertiary/aromatic N) is 2.